The summed E-state index contributed by atoms with van der Waals surface area (Å²) >= 11 is 0. The highest BCUT2D eigenvalue weighted by Gasteiger charge is 2.60. The molecule has 0 spiro atoms. The van der Waals surface area contributed by atoms with Gasteiger partial charge in [0.05, 0.1) is 6.10 Å². The number of fused-ring (bicyclic) bond motifs is 5. The van der Waals surface area contributed by atoms with Gasteiger partial charge in [0.2, 0.25) is 0 Å². The molecule has 0 heterocycles. The van der Waals surface area contributed by atoms with E-state index in [0.29, 0.717) is 30.0 Å². The van der Waals surface area contributed by atoms with Crippen molar-refractivity contribution in [2.45, 2.75) is 64.9 Å². The lowest BCUT2D eigenvalue weighted by molar-refractivity contribution is -0.118. The quantitative estimate of drug-likeness (QED) is 0.692. The van der Waals surface area contributed by atoms with Crippen LogP contribution >= 0.6 is 0 Å². The Morgan fingerprint density at radius 2 is 2.00 bits per heavy atom. The predicted octanol–water partition coefficient (Wildman–Crippen LogP) is 3.74. The van der Waals surface area contributed by atoms with Crippen molar-refractivity contribution >= 4 is 5.78 Å². The van der Waals surface area contributed by atoms with E-state index >= 15 is 0 Å². The lowest BCUT2D eigenvalue weighted by Crippen LogP contribution is -2.51. The van der Waals surface area contributed by atoms with E-state index in [1.54, 1.807) is 0 Å². The topological polar surface area (TPSA) is 37.3 Å². The third kappa shape index (κ3) is 1.96. The highest BCUT2D eigenvalue weighted by atomic mass is 16.3. The Morgan fingerprint density at radius 1 is 1.22 bits per heavy atom. The second-order valence-electron chi connectivity index (χ2n) is 8.97. The predicted molar refractivity (Wildman–Crippen MR) is 90.4 cm³/mol. The zero-order chi connectivity index (χ0) is 16.4. The number of carbonyl (C=O) groups excluding carboxylic acids is 1. The number of rotatable bonds is 0. The SMILES string of the molecule is C#C[C@@H]1C[C@H]2[C@@H]3CCC4=CC(=O)CC[C@]4(C)[C@H]3CC[C@]2(C)[C@H]1O. The summed E-state index contributed by atoms with van der Waals surface area (Å²) in [4.78, 5) is 11.8. The summed E-state index contributed by atoms with van der Waals surface area (Å²) in [5, 5.41) is 10.8. The number of hydrogen-bond donors (Lipinski definition) is 1. The average molecular weight is 312 g/mol. The fourth-order valence-electron chi connectivity index (χ4n) is 6.74. The number of aliphatic hydroxyl groups excluding tert-OH is 1. The molecule has 0 aromatic heterocycles. The molecule has 0 aromatic rings. The van der Waals surface area contributed by atoms with Crippen LogP contribution in [-0.4, -0.2) is 17.0 Å². The van der Waals surface area contributed by atoms with Crippen molar-refractivity contribution in [2.75, 3.05) is 0 Å². The zero-order valence-electron chi connectivity index (χ0n) is 14.3. The van der Waals surface area contributed by atoms with Crippen molar-refractivity contribution in [1.29, 1.82) is 0 Å². The van der Waals surface area contributed by atoms with Crippen LogP contribution in [0.2, 0.25) is 0 Å². The molecule has 1 N–H and O–H groups in total. The molecule has 0 aliphatic heterocycles. The van der Waals surface area contributed by atoms with Crippen LogP contribution in [-0.2, 0) is 4.79 Å². The van der Waals surface area contributed by atoms with Gasteiger partial charge in [-0.25, -0.2) is 0 Å². The maximum absolute atomic E-state index is 11.8. The minimum absolute atomic E-state index is 0.000265. The summed E-state index contributed by atoms with van der Waals surface area (Å²) in [6.07, 6.45) is 14.5. The molecule has 7 atom stereocenters. The Bertz CT molecular complexity index is 612. The Morgan fingerprint density at radius 3 is 2.74 bits per heavy atom. The van der Waals surface area contributed by atoms with E-state index in [-0.39, 0.29) is 22.9 Å². The third-order valence-corrected chi connectivity index (χ3v) is 8.18. The first kappa shape index (κ1) is 15.5. The van der Waals surface area contributed by atoms with Gasteiger partial charge in [0, 0.05) is 12.3 Å². The minimum Gasteiger partial charge on any atom is -0.391 e. The van der Waals surface area contributed by atoms with Gasteiger partial charge >= 0.3 is 0 Å². The fourth-order valence-corrected chi connectivity index (χ4v) is 6.74. The maximum atomic E-state index is 11.8. The Balaban J connectivity index is 1.69. The molecule has 0 radical (unpaired) electrons. The van der Waals surface area contributed by atoms with E-state index in [9.17, 15) is 9.90 Å². The monoisotopic (exact) mass is 312 g/mol. The summed E-state index contributed by atoms with van der Waals surface area (Å²) in [5.74, 6) is 5.08. The Kier molecular flexibility index (Phi) is 3.34. The van der Waals surface area contributed by atoms with Gasteiger partial charge in [-0.3, -0.25) is 4.79 Å². The first-order chi connectivity index (χ1) is 10.9. The van der Waals surface area contributed by atoms with E-state index in [0.717, 1.165) is 25.7 Å². The molecule has 3 saturated carbocycles. The lowest BCUT2D eigenvalue weighted by atomic mass is 9.47. The van der Waals surface area contributed by atoms with E-state index in [2.05, 4.69) is 19.8 Å². The number of allylic oxidation sites excluding steroid dienone is 1. The molecule has 0 saturated heterocycles. The van der Waals surface area contributed by atoms with Crippen molar-refractivity contribution in [3.63, 3.8) is 0 Å². The van der Waals surface area contributed by atoms with Crippen molar-refractivity contribution < 1.29 is 9.90 Å². The summed E-state index contributed by atoms with van der Waals surface area (Å²) in [6.45, 7) is 4.67. The van der Waals surface area contributed by atoms with Gasteiger partial charge in [0.1, 0.15) is 0 Å². The average Bonchev–Trinajstić information content (AvgIpc) is 2.79. The number of ketones is 1. The van der Waals surface area contributed by atoms with E-state index in [1.165, 1.54) is 18.4 Å². The highest BCUT2D eigenvalue weighted by Crippen LogP contribution is 2.65. The van der Waals surface area contributed by atoms with E-state index in [4.69, 9.17) is 6.42 Å². The third-order valence-electron chi connectivity index (χ3n) is 8.18. The number of hydrogen-bond acceptors (Lipinski definition) is 2. The second-order valence-corrected chi connectivity index (χ2v) is 8.97. The molecule has 2 nitrogen and oxygen atoms in total. The molecule has 0 unspecified atom stereocenters. The standard InChI is InChI=1S/C21H28O2/c1-4-13-11-18-16-6-5-14-12-15(22)7-9-20(14,2)17(16)8-10-21(18,3)19(13)23/h1,12-13,16-19,23H,5-11H2,2-3H3/t13-,16-,17+,18+,19+,20+,21+/m1/s1. The number of aliphatic hydroxyl groups is 1. The van der Waals surface area contributed by atoms with Crippen molar-refractivity contribution in [3.8, 4) is 12.3 Å². The van der Waals surface area contributed by atoms with Crippen LogP contribution in [0.1, 0.15) is 58.8 Å². The van der Waals surface area contributed by atoms with Crippen LogP contribution in [0.5, 0.6) is 0 Å². The van der Waals surface area contributed by atoms with Crippen LogP contribution in [0.3, 0.4) is 0 Å². The molecule has 4 rings (SSSR count). The molecule has 2 heteroatoms. The summed E-state index contributed by atoms with van der Waals surface area (Å²) in [6, 6.07) is 0. The number of carbonyl (C=O) groups is 1. The van der Waals surface area contributed by atoms with Crippen molar-refractivity contribution in [2.24, 2.45) is 34.5 Å². The van der Waals surface area contributed by atoms with Gasteiger partial charge in [-0.2, -0.15) is 0 Å². The summed E-state index contributed by atoms with van der Waals surface area (Å²) in [7, 11) is 0. The molecular weight excluding hydrogens is 284 g/mol. The van der Waals surface area contributed by atoms with Crippen molar-refractivity contribution in [1.82, 2.24) is 0 Å². The molecule has 4 aliphatic carbocycles. The van der Waals surface area contributed by atoms with Crippen LogP contribution in [0.15, 0.2) is 11.6 Å². The van der Waals surface area contributed by atoms with Gasteiger partial charge in [-0.1, -0.05) is 19.4 Å². The van der Waals surface area contributed by atoms with Crippen LogP contribution in [0, 0.1) is 46.8 Å². The summed E-state index contributed by atoms with van der Waals surface area (Å²) in [5.41, 5.74) is 1.61. The smallest absolute Gasteiger partial charge is 0.155 e. The molecule has 124 valence electrons. The number of terminal acetylenes is 1. The van der Waals surface area contributed by atoms with Gasteiger partial charge in [0.15, 0.2) is 5.78 Å². The minimum atomic E-state index is -0.337. The Hall–Kier alpha value is -1.07. The van der Waals surface area contributed by atoms with Gasteiger partial charge in [0.25, 0.3) is 0 Å². The van der Waals surface area contributed by atoms with Crippen LogP contribution in [0.4, 0.5) is 0 Å². The summed E-state index contributed by atoms with van der Waals surface area (Å²) < 4.78 is 0. The molecule has 23 heavy (non-hydrogen) atoms. The molecule has 0 amide bonds. The molecule has 3 fully saturated rings. The molecule has 4 aliphatic rings. The highest BCUT2D eigenvalue weighted by molar-refractivity contribution is 5.91. The zero-order valence-corrected chi connectivity index (χ0v) is 14.3. The molecule has 0 bridgehead atoms. The van der Waals surface area contributed by atoms with E-state index < -0.39 is 0 Å². The van der Waals surface area contributed by atoms with Gasteiger partial charge in [-0.05, 0) is 73.2 Å². The molecule has 0 aromatic carbocycles. The maximum Gasteiger partial charge on any atom is 0.155 e. The largest absolute Gasteiger partial charge is 0.391 e. The van der Waals surface area contributed by atoms with Crippen LogP contribution in [0.25, 0.3) is 0 Å². The fraction of sp³-hybridized carbons (Fsp3) is 0.762. The first-order valence-corrected chi connectivity index (χ1v) is 9.28. The Labute approximate surface area is 139 Å². The van der Waals surface area contributed by atoms with E-state index in [1.807, 2.05) is 6.08 Å². The normalized spacial score (nSPS) is 52.0. The van der Waals surface area contributed by atoms with Crippen LogP contribution < -0.4 is 0 Å². The van der Waals surface area contributed by atoms with Gasteiger partial charge < -0.3 is 5.11 Å². The van der Waals surface area contributed by atoms with Crippen molar-refractivity contribution in [3.05, 3.63) is 11.6 Å². The lowest BCUT2D eigenvalue weighted by Gasteiger charge is -2.57. The molecular formula is C21H28O2. The van der Waals surface area contributed by atoms with Gasteiger partial charge in [-0.15, -0.1) is 12.3 Å². The second kappa shape index (κ2) is 4.96. The first-order valence-electron chi connectivity index (χ1n) is 9.28.